The van der Waals surface area contributed by atoms with Crippen LogP contribution in [0.1, 0.15) is 38.4 Å². The van der Waals surface area contributed by atoms with E-state index in [1.54, 1.807) is 0 Å². The molecular formula is C13H23N3O. The Hall–Kier alpha value is -0.870. The fourth-order valence-corrected chi connectivity index (χ4v) is 2.47. The second-order valence-corrected chi connectivity index (χ2v) is 4.71. The number of hydrogen-bond donors (Lipinski definition) is 2. The highest BCUT2D eigenvalue weighted by molar-refractivity contribution is 4.91. The van der Waals surface area contributed by atoms with E-state index in [-0.39, 0.29) is 0 Å². The van der Waals surface area contributed by atoms with Gasteiger partial charge in [0, 0.05) is 31.5 Å². The van der Waals surface area contributed by atoms with Crippen molar-refractivity contribution in [1.29, 1.82) is 0 Å². The highest BCUT2D eigenvalue weighted by Crippen LogP contribution is 2.18. The fraction of sp³-hybridized carbons (Fsp3) is 0.769. The van der Waals surface area contributed by atoms with Gasteiger partial charge in [0.25, 0.3) is 0 Å². The van der Waals surface area contributed by atoms with Crippen LogP contribution in [-0.2, 0) is 11.2 Å². The van der Waals surface area contributed by atoms with Gasteiger partial charge >= 0.3 is 0 Å². The largest absolute Gasteiger partial charge is 0.378 e. The van der Waals surface area contributed by atoms with E-state index in [0.717, 1.165) is 25.4 Å². The zero-order valence-corrected chi connectivity index (χ0v) is 10.6. The van der Waals surface area contributed by atoms with Gasteiger partial charge < -0.3 is 15.0 Å². The summed E-state index contributed by atoms with van der Waals surface area (Å²) in [5.74, 6) is 1.07. The van der Waals surface area contributed by atoms with Crippen LogP contribution < -0.4 is 5.32 Å². The molecule has 4 heteroatoms. The molecule has 1 aromatic heterocycles. The van der Waals surface area contributed by atoms with Crippen LogP contribution in [0.3, 0.4) is 0 Å². The molecule has 0 amide bonds. The Bertz CT molecular complexity index is 294. The summed E-state index contributed by atoms with van der Waals surface area (Å²) < 4.78 is 5.67. The maximum atomic E-state index is 5.67. The Morgan fingerprint density at radius 3 is 3.24 bits per heavy atom. The summed E-state index contributed by atoms with van der Waals surface area (Å²) in [4.78, 5) is 7.46. The summed E-state index contributed by atoms with van der Waals surface area (Å²) in [6.07, 6.45) is 9.98. The number of H-pyrrole nitrogens is 1. The van der Waals surface area contributed by atoms with Gasteiger partial charge in [-0.15, -0.1) is 0 Å². The van der Waals surface area contributed by atoms with Crippen molar-refractivity contribution >= 4 is 0 Å². The first kappa shape index (κ1) is 12.6. The quantitative estimate of drug-likeness (QED) is 0.761. The van der Waals surface area contributed by atoms with Crippen LogP contribution in [0.15, 0.2) is 12.4 Å². The van der Waals surface area contributed by atoms with Gasteiger partial charge in [-0.1, -0.05) is 6.92 Å². The third kappa shape index (κ3) is 4.13. The van der Waals surface area contributed by atoms with Crippen molar-refractivity contribution in [3.63, 3.8) is 0 Å². The number of ether oxygens (including phenoxy) is 1. The zero-order valence-electron chi connectivity index (χ0n) is 10.6. The molecule has 1 aliphatic heterocycles. The zero-order chi connectivity index (χ0) is 11.9. The molecule has 2 N–H and O–H groups in total. The van der Waals surface area contributed by atoms with Crippen molar-refractivity contribution in [1.82, 2.24) is 15.3 Å². The Balaban J connectivity index is 1.75. The molecule has 1 aromatic rings. The van der Waals surface area contributed by atoms with E-state index in [0.29, 0.717) is 12.1 Å². The summed E-state index contributed by atoms with van der Waals surface area (Å²) in [5.41, 5.74) is 0. The molecule has 17 heavy (non-hydrogen) atoms. The SMILES string of the molecule is CCNC(CCC1CCCO1)Cc1ncc[nH]1. The Morgan fingerprint density at radius 2 is 2.59 bits per heavy atom. The summed E-state index contributed by atoms with van der Waals surface area (Å²) in [7, 11) is 0. The predicted molar refractivity (Wildman–Crippen MR) is 68.0 cm³/mol. The molecule has 2 heterocycles. The lowest BCUT2D eigenvalue weighted by molar-refractivity contribution is 0.0995. The number of likely N-dealkylation sites (N-methyl/N-ethyl adjacent to an activating group) is 1. The Morgan fingerprint density at radius 1 is 1.65 bits per heavy atom. The van der Waals surface area contributed by atoms with Crippen LogP contribution in [0, 0.1) is 0 Å². The molecule has 0 saturated carbocycles. The lowest BCUT2D eigenvalue weighted by atomic mass is 10.0. The van der Waals surface area contributed by atoms with Gasteiger partial charge in [-0.2, -0.15) is 0 Å². The monoisotopic (exact) mass is 237 g/mol. The molecule has 1 aliphatic rings. The highest BCUT2D eigenvalue weighted by atomic mass is 16.5. The van der Waals surface area contributed by atoms with E-state index >= 15 is 0 Å². The minimum atomic E-state index is 0.493. The Kier molecular flexibility index (Phi) is 5.01. The number of imidazole rings is 1. The third-order valence-electron chi connectivity index (χ3n) is 3.35. The maximum Gasteiger partial charge on any atom is 0.107 e. The van der Waals surface area contributed by atoms with Gasteiger partial charge in [0.2, 0.25) is 0 Å². The van der Waals surface area contributed by atoms with Crippen molar-refractivity contribution in [3.8, 4) is 0 Å². The topological polar surface area (TPSA) is 49.9 Å². The molecule has 0 spiro atoms. The van der Waals surface area contributed by atoms with Gasteiger partial charge in [-0.05, 0) is 32.2 Å². The van der Waals surface area contributed by atoms with Gasteiger partial charge in [0.1, 0.15) is 5.82 Å². The van der Waals surface area contributed by atoms with E-state index < -0.39 is 0 Å². The van der Waals surface area contributed by atoms with Crippen LogP contribution in [0.5, 0.6) is 0 Å². The minimum Gasteiger partial charge on any atom is -0.378 e. The normalized spacial score (nSPS) is 21.8. The number of aromatic nitrogens is 2. The second kappa shape index (κ2) is 6.77. The smallest absolute Gasteiger partial charge is 0.107 e. The van der Waals surface area contributed by atoms with Crippen LogP contribution in [-0.4, -0.2) is 35.3 Å². The van der Waals surface area contributed by atoms with Crippen molar-refractivity contribution in [3.05, 3.63) is 18.2 Å². The number of nitrogens with one attached hydrogen (secondary N) is 2. The highest BCUT2D eigenvalue weighted by Gasteiger charge is 2.18. The molecular weight excluding hydrogens is 214 g/mol. The first-order chi connectivity index (χ1) is 8.38. The van der Waals surface area contributed by atoms with Crippen LogP contribution >= 0.6 is 0 Å². The molecule has 2 unspecified atom stereocenters. The molecule has 0 radical (unpaired) electrons. The van der Waals surface area contributed by atoms with E-state index in [1.165, 1.54) is 25.7 Å². The lowest BCUT2D eigenvalue weighted by Gasteiger charge is -2.18. The van der Waals surface area contributed by atoms with E-state index in [1.807, 2.05) is 12.4 Å². The number of nitrogens with zero attached hydrogens (tertiary/aromatic N) is 1. The molecule has 2 atom stereocenters. The number of aromatic amines is 1. The summed E-state index contributed by atoms with van der Waals surface area (Å²) in [6, 6.07) is 0.510. The number of hydrogen-bond acceptors (Lipinski definition) is 3. The summed E-state index contributed by atoms with van der Waals surface area (Å²) in [5, 5.41) is 3.53. The van der Waals surface area contributed by atoms with Gasteiger partial charge in [0.15, 0.2) is 0 Å². The Labute approximate surface area is 103 Å². The predicted octanol–water partition coefficient (Wildman–Crippen LogP) is 1.89. The van der Waals surface area contributed by atoms with E-state index in [2.05, 4.69) is 22.2 Å². The second-order valence-electron chi connectivity index (χ2n) is 4.71. The molecule has 0 bridgehead atoms. The summed E-state index contributed by atoms with van der Waals surface area (Å²) >= 11 is 0. The number of rotatable bonds is 7. The minimum absolute atomic E-state index is 0.493. The average Bonchev–Trinajstić information content (AvgIpc) is 2.99. The van der Waals surface area contributed by atoms with Crippen molar-refractivity contribution in [2.45, 2.75) is 51.2 Å². The lowest BCUT2D eigenvalue weighted by Crippen LogP contribution is -2.32. The molecule has 0 aromatic carbocycles. The summed E-state index contributed by atoms with van der Waals surface area (Å²) in [6.45, 7) is 4.12. The molecule has 1 saturated heterocycles. The van der Waals surface area contributed by atoms with E-state index in [9.17, 15) is 0 Å². The standard InChI is InChI=1S/C13H23N3O/c1-2-14-11(10-13-15-7-8-16-13)5-6-12-4-3-9-17-12/h7-8,11-12,14H,2-6,9-10H2,1H3,(H,15,16). The van der Waals surface area contributed by atoms with Crippen molar-refractivity contribution < 1.29 is 4.74 Å². The van der Waals surface area contributed by atoms with Crippen LogP contribution in [0.2, 0.25) is 0 Å². The molecule has 4 nitrogen and oxygen atoms in total. The molecule has 1 fully saturated rings. The molecule has 2 rings (SSSR count). The maximum absolute atomic E-state index is 5.67. The van der Waals surface area contributed by atoms with Crippen molar-refractivity contribution in [2.75, 3.05) is 13.2 Å². The van der Waals surface area contributed by atoms with Crippen LogP contribution in [0.4, 0.5) is 0 Å². The van der Waals surface area contributed by atoms with Crippen LogP contribution in [0.25, 0.3) is 0 Å². The van der Waals surface area contributed by atoms with Gasteiger partial charge in [-0.25, -0.2) is 4.98 Å². The van der Waals surface area contributed by atoms with E-state index in [4.69, 9.17) is 4.74 Å². The average molecular weight is 237 g/mol. The first-order valence-electron chi connectivity index (χ1n) is 6.71. The van der Waals surface area contributed by atoms with Crippen molar-refractivity contribution in [2.24, 2.45) is 0 Å². The van der Waals surface area contributed by atoms with Gasteiger partial charge in [0.05, 0.1) is 6.10 Å². The molecule has 0 aliphatic carbocycles. The van der Waals surface area contributed by atoms with Gasteiger partial charge in [-0.3, -0.25) is 0 Å². The first-order valence-corrected chi connectivity index (χ1v) is 6.71. The third-order valence-corrected chi connectivity index (χ3v) is 3.35. The fourth-order valence-electron chi connectivity index (χ4n) is 2.47. The molecule has 96 valence electrons.